The summed E-state index contributed by atoms with van der Waals surface area (Å²) < 4.78 is 26.3. The van der Waals surface area contributed by atoms with E-state index < -0.39 is 11.6 Å². The molecule has 0 bridgehead atoms. The van der Waals surface area contributed by atoms with Crippen LogP contribution >= 0.6 is 0 Å². The highest BCUT2D eigenvalue weighted by molar-refractivity contribution is 5.21. The Morgan fingerprint density at radius 1 is 1.29 bits per heavy atom. The average molecular weight is 240 g/mol. The van der Waals surface area contributed by atoms with Crippen molar-refractivity contribution < 1.29 is 8.78 Å². The van der Waals surface area contributed by atoms with Gasteiger partial charge in [-0.05, 0) is 44.3 Å². The predicted molar refractivity (Wildman–Crippen MR) is 63.5 cm³/mol. The monoisotopic (exact) mass is 240 g/mol. The standard InChI is InChI=1S/C13H18F2N2/c14-10-1-2-11(12(15)8-10)13(16)7-9-3-5-17-6-4-9/h1-2,8-9,13,17H,3-7,16H2. The number of piperidine rings is 1. The summed E-state index contributed by atoms with van der Waals surface area (Å²) in [4.78, 5) is 0. The van der Waals surface area contributed by atoms with Crippen molar-refractivity contribution >= 4 is 0 Å². The number of hydrogen-bond donors (Lipinski definition) is 2. The molecular weight excluding hydrogens is 222 g/mol. The molecule has 0 aromatic heterocycles. The number of nitrogens with one attached hydrogen (secondary N) is 1. The molecule has 3 N–H and O–H groups in total. The molecule has 1 aliphatic heterocycles. The van der Waals surface area contributed by atoms with Crippen LogP contribution in [0.2, 0.25) is 0 Å². The van der Waals surface area contributed by atoms with Crippen LogP contribution in [-0.4, -0.2) is 13.1 Å². The van der Waals surface area contributed by atoms with E-state index >= 15 is 0 Å². The molecule has 0 saturated carbocycles. The minimum atomic E-state index is -0.555. The zero-order valence-electron chi connectivity index (χ0n) is 9.76. The fourth-order valence-electron chi connectivity index (χ4n) is 2.41. The Kier molecular flexibility index (Phi) is 4.07. The van der Waals surface area contributed by atoms with Crippen LogP contribution in [0.25, 0.3) is 0 Å². The minimum Gasteiger partial charge on any atom is -0.324 e. The Labute approximate surface area is 100 Å². The smallest absolute Gasteiger partial charge is 0.130 e. The van der Waals surface area contributed by atoms with Gasteiger partial charge in [0.15, 0.2) is 0 Å². The second kappa shape index (κ2) is 5.56. The number of halogens is 2. The van der Waals surface area contributed by atoms with Crippen LogP contribution in [0.4, 0.5) is 8.78 Å². The lowest BCUT2D eigenvalue weighted by Crippen LogP contribution is -2.29. The van der Waals surface area contributed by atoms with E-state index in [-0.39, 0.29) is 6.04 Å². The molecule has 1 aromatic carbocycles. The van der Waals surface area contributed by atoms with E-state index in [0.717, 1.165) is 38.4 Å². The summed E-state index contributed by atoms with van der Waals surface area (Å²) in [6.45, 7) is 2.01. The lowest BCUT2D eigenvalue weighted by atomic mass is 9.88. The average Bonchev–Trinajstić information content (AvgIpc) is 2.30. The lowest BCUT2D eigenvalue weighted by Gasteiger charge is -2.25. The molecule has 0 radical (unpaired) electrons. The van der Waals surface area contributed by atoms with Crippen LogP contribution in [0.5, 0.6) is 0 Å². The van der Waals surface area contributed by atoms with Gasteiger partial charge < -0.3 is 11.1 Å². The Morgan fingerprint density at radius 3 is 2.65 bits per heavy atom. The second-order valence-corrected chi connectivity index (χ2v) is 4.70. The van der Waals surface area contributed by atoms with Crippen LogP contribution in [0, 0.1) is 17.6 Å². The summed E-state index contributed by atoms with van der Waals surface area (Å²) in [6, 6.07) is 3.29. The highest BCUT2D eigenvalue weighted by atomic mass is 19.1. The van der Waals surface area contributed by atoms with Crippen molar-refractivity contribution in [3.05, 3.63) is 35.4 Å². The van der Waals surface area contributed by atoms with Gasteiger partial charge in [-0.1, -0.05) is 6.07 Å². The third kappa shape index (κ3) is 3.23. The van der Waals surface area contributed by atoms with Crippen LogP contribution in [0.3, 0.4) is 0 Å². The van der Waals surface area contributed by atoms with Crippen LogP contribution < -0.4 is 11.1 Å². The highest BCUT2D eigenvalue weighted by Crippen LogP contribution is 2.26. The maximum atomic E-state index is 13.5. The van der Waals surface area contributed by atoms with Crippen molar-refractivity contribution in [2.45, 2.75) is 25.3 Å². The maximum Gasteiger partial charge on any atom is 0.130 e. The second-order valence-electron chi connectivity index (χ2n) is 4.70. The van der Waals surface area contributed by atoms with Gasteiger partial charge in [0.05, 0.1) is 0 Å². The van der Waals surface area contributed by atoms with Gasteiger partial charge in [0.1, 0.15) is 11.6 Å². The summed E-state index contributed by atoms with van der Waals surface area (Å²) >= 11 is 0. The first kappa shape index (κ1) is 12.5. The normalized spacial score (nSPS) is 19.2. The van der Waals surface area contributed by atoms with Crippen LogP contribution in [0.15, 0.2) is 18.2 Å². The molecule has 1 saturated heterocycles. The van der Waals surface area contributed by atoms with Crippen molar-refractivity contribution in [2.75, 3.05) is 13.1 Å². The molecule has 1 fully saturated rings. The van der Waals surface area contributed by atoms with Gasteiger partial charge in [-0.25, -0.2) is 8.78 Å². The Bertz CT molecular complexity index is 376. The van der Waals surface area contributed by atoms with Crippen molar-refractivity contribution in [1.82, 2.24) is 5.32 Å². The molecule has 0 aliphatic carbocycles. The van der Waals surface area contributed by atoms with E-state index in [0.29, 0.717) is 11.5 Å². The third-order valence-corrected chi connectivity index (χ3v) is 3.41. The first-order valence-corrected chi connectivity index (χ1v) is 6.08. The summed E-state index contributed by atoms with van der Waals surface area (Å²) in [5, 5.41) is 3.28. The van der Waals surface area contributed by atoms with Gasteiger partial charge in [-0.3, -0.25) is 0 Å². The zero-order chi connectivity index (χ0) is 12.3. The zero-order valence-corrected chi connectivity index (χ0v) is 9.76. The molecule has 1 aromatic rings. The SMILES string of the molecule is NC(CC1CCNCC1)c1ccc(F)cc1F. The van der Waals surface area contributed by atoms with Crippen molar-refractivity contribution in [2.24, 2.45) is 11.7 Å². The van der Waals surface area contributed by atoms with Crippen molar-refractivity contribution in [1.29, 1.82) is 0 Å². The van der Waals surface area contributed by atoms with E-state index in [9.17, 15) is 8.78 Å². The highest BCUT2D eigenvalue weighted by Gasteiger charge is 2.19. The van der Waals surface area contributed by atoms with Gasteiger partial charge in [0, 0.05) is 17.7 Å². The third-order valence-electron chi connectivity index (χ3n) is 3.41. The molecule has 0 amide bonds. The molecule has 94 valence electrons. The topological polar surface area (TPSA) is 38.0 Å². The van der Waals surface area contributed by atoms with Crippen LogP contribution in [-0.2, 0) is 0 Å². The first-order chi connectivity index (χ1) is 8.16. The maximum absolute atomic E-state index is 13.5. The molecule has 1 unspecified atom stereocenters. The number of nitrogens with two attached hydrogens (primary N) is 1. The van der Waals surface area contributed by atoms with E-state index in [1.54, 1.807) is 0 Å². The molecule has 2 nitrogen and oxygen atoms in total. The predicted octanol–water partition coefficient (Wildman–Crippen LogP) is 2.35. The van der Waals surface area contributed by atoms with E-state index in [2.05, 4.69) is 5.32 Å². The summed E-state index contributed by atoms with van der Waals surface area (Å²) in [6.07, 6.45) is 2.93. The Balaban J connectivity index is 2.00. The molecular formula is C13H18F2N2. The van der Waals surface area contributed by atoms with Gasteiger partial charge in [0.25, 0.3) is 0 Å². The summed E-state index contributed by atoms with van der Waals surface area (Å²) in [5.74, 6) is -0.553. The van der Waals surface area contributed by atoms with Crippen molar-refractivity contribution in [3.63, 3.8) is 0 Å². The molecule has 2 rings (SSSR count). The fraction of sp³-hybridized carbons (Fsp3) is 0.538. The van der Waals surface area contributed by atoms with Crippen LogP contribution in [0.1, 0.15) is 30.9 Å². The number of benzene rings is 1. The lowest BCUT2D eigenvalue weighted by molar-refractivity contribution is 0.330. The number of hydrogen-bond acceptors (Lipinski definition) is 2. The van der Waals surface area contributed by atoms with Gasteiger partial charge in [0.2, 0.25) is 0 Å². The fourth-order valence-corrected chi connectivity index (χ4v) is 2.41. The number of rotatable bonds is 3. The van der Waals surface area contributed by atoms with Gasteiger partial charge >= 0.3 is 0 Å². The molecule has 0 spiro atoms. The largest absolute Gasteiger partial charge is 0.324 e. The molecule has 1 aliphatic rings. The Hall–Kier alpha value is -1.00. The van der Waals surface area contributed by atoms with E-state index in [1.165, 1.54) is 12.1 Å². The first-order valence-electron chi connectivity index (χ1n) is 6.08. The Morgan fingerprint density at radius 2 is 2.00 bits per heavy atom. The van der Waals surface area contributed by atoms with Gasteiger partial charge in [-0.15, -0.1) is 0 Å². The quantitative estimate of drug-likeness (QED) is 0.851. The molecule has 4 heteroatoms. The van der Waals surface area contributed by atoms with E-state index in [1.807, 2.05) is 0 Å². The minimum absolute atomic E-state index is 0.335. The molecule has 1 heterocycles. The molecule has 17 heavy (non-hydrogen) atoms. The van der Waals surface area contributed by atoms with Gasteiger partial charge in [-0.2, -0.15) is 0 Å². The van der Waals surface area contributed by atoms with Crippen molar-refractivity contribution in [3.8, 4) is 0 Å². The van der Waals surface area contributed by atoms with E-state index in [4.69, 9.17) is 5.73 Å². The summed E-state index contributed by atoms with van der Waals surface area (Å²) in [5.41, 5.74) is 6.42. The molecule has 1 atom stereocenters. The summed E-state index contributed by atoms with van der Waals surface area (Å²) in [7, 11) is 0.